The normalized spacial score (nSPS) is 38.2. The Kier molecular flexibility index (Phi) is 1.34. The van der Waals surface area contributed by atoms with Crippen LogP contribution in [0.5, 0.6) is 0 Å². The summed E-state index contributed by atoms with van der Waals surface area (Å²) >= 11 is 0. The largest absolute Gasteiger partial charge is 0.381 e. The molecule has 0 aromatic carbocycles. The molecular formula is C6H10N2O2. The summed E-state index contributed by atoms with van der Waals surface area (Å²) in [5.41, 5.74) is 0. The van der Waals surface area contributed by atoms with Crippen LogP contribution in [0.15, 0.2) is 5.29 Å². The Bertz CT molecular complexity index is 139. The van der Waals surface area contributed by atoms with Gasteiger partial charge < -0.3 is 4.74 Å². The van der Waals surface area contributed by atoms with Crippen LogP contribution < -0.4 is 0 Å². The number of fused-ring (bicyclic) bond motifs is 1. The zero-order chi connectivity index (χ0) is 6.97. The molecule has 0 bridgehead atoms. The van der Waals surface area contributed by atoms with Gasteiger partial charge >= 0.3 is 0 Å². The molecule has 0 saturated carbocycles. The molecule has 2 saturated heterocycles. The summed E-state index contributed by atoms with van der Waals surface area (Å²) in [4.78, 5) is 10.1. The number of rotatable bonds is 1. The first kappa shape index (κ1) is 6.09. The molecule has 0 radical (unpaired) electrons. The van der Waals surface area contributed by atoms with Crippen LogP contribution in [-0.2, 0) is 4.74 Å². The Hall–Kier alpha value is -0.640. The van der Waals surface area contributed by atoms with E-state index in [-0.39, 0.29) is 0 Å². The van der Waals surface area contributed by atoms with Crippen LogP contribution in [0.3, 0.4) is 0 Å². The molecule has 0 aromatic heterocycles. The van der Waals surface area contributed by atoms with Crippen LogP contribution in [0.4, 0.5) is 0 Å². The Balaban J connectivity index is 1.99. The minimum atomic E-state index is 0.567. The SMILES string of the molecule is O=NN1CC2COCC2C1. The second kappa shape index (κ2) is 2.20. The van der Waals surface area contributed by atoms with E-state index in [0.29, 0.717) is 11.8 Å². The molecule has 2 unspecified atom stereocenters. The number of hydrogen-bond donors (Lipinski definition) is 0. The number of hydrogen-bond acceptors (Lipinski definition) is 3. The van der Waals surface area contributed by atoms with E-state index in [9.17, 15) is 4.91 Å². The van der Waals surface area contributed by atoms with Gasteiger partial charge in [-0.15, -0.1) is 4.91 Å². The van der Waals surface area contributed by atoms with Crippen LogP contribution in [0, 0.1) is 16.7 Å². The summed E-state index contributed by atoms with van der Waals surface area (Å²) in [6.45, 7) is 3.23. The summed E-state index contributed by atoms with van der Waals surface area (Å²) in [6, 6.07) is 0. The van der Waals surface area contributed by atoms with Crippen molar-refractivity contribution in [3.05, 3.63) is 4.91 Å². The Morgan fingerprint density at radius 3 is 2.40 bits per heavy atom. The first-order valence-corrected chi connectivity index (χ1v) is 3.56. The highest BCUT2D eigenvalue weighted by Crippen LogP contribution is 2.28. The second-order valence-corrected chi connectivity index (χ2v) is 3.01. The van der Waals surface area contributed by atoms with Gasteiger partial charge in [0.2, 0.25) is 0 Å². The van der Waals surface area contributed by atoms with Crippen LogP contribution in [0.2, 0.25) is 0 Å². The third-order valence-electron chi connectivity index (χ3n) is 2.34. The van der Waals surface area contributed by atoms with Crippen molar-refractivity contribution in [1.82, 2.24) is 5.01 Å². The van der Waals surface area contributed by atoms with Crippen molar-refractivity contribution in [1.29, 1.82) is 0 Å². The predicted octanol–water partition coefficient (Wildman–Crippen LogP) is 0.246. The topological polar surface area (TPSA) is 41.9 Å². The monoisotopic (exact) mass is 142 g/mol. The van der Waals surface area contributed by atoms with Crippen molar-refractivity contribution < 1.29 is 4.74 Å². The molecule has 0 aromatic rings. The van der Waals surface area contributed by atoms with Gasteiger partial charge in [0.15, 0.2) is 0 Å². The number of nitroso groups, excluding NO2 is 1. The predicted molar refractivity (Wildman–Crippen MR) is 35.2 cm³/mol. The van der Waals surface area contributed by atoms with E-state index in [1.54, 1.807) is 5.01 Å². The van der Waals surface area contributed by atoms with Crippen LogP contribution in [-0.4, -0.2) is 31.3 Å². The molecule has 4 nitrogen and oxygen atoms in total. The van der Waals surface area contributed by atoms with Gasteiger partial charge in [-0.3, -0.25) is 5.01 Å². The van der Waals surface area contributed by atoms with Gasteiger partial charge in [-0.25, -0.2) is 0 Å². The quantitative estimate of drug-likeness (QED) is 0.493. The Labute approximate surface area is 59.1 Å². The molecule has 56 valence electrons. The molecule has 0 aliphatic carbocycles. The van der Waals surface area contributed by atoms with E-state index < -0.39 is 0 Å². The Morgan fingerprint density at radius 1 is 1.30 bits per heavy atom. The van der Waals surface area contributed by atoms with Crippen LogP contribution in [0.25, 0.3) is 0 Å². The van der Waals surface area contributed by atoms with Crippen molar-refractivity contribution in [2.24, 2.45) is 17.1 Å². The fraction of sp³-hybridized carbons (Fsp3) is 1.00. The standard InChI is InChI=1S/C6H10N2O2/c9-7-8-1-5-3-10-4-6(5)2-8/h5-6H,1-4H2. The third kappa shape index (κ3) is 0.794. The van der Waals surface area contributed by atoms with Gasteiger partial charge in [0.25, 0.3) is 0 Å². The third-order valence-corrected chi connectivity index (χ3v) is 2.34. The highest BCUT2D eigenvalue weighted by molar-refractivity contribution is 4.85. The summed E-state index contributed by atoms with van der Waals surface area (Å²) < 4.78 is 5.23. The maximum absolute atomic E-state index is 10.1. The number of ether oxygens (including phenoxy) is 1. The summed E-state index contributed by atoms with van der Waals surface area (Å²) in [7, 11) is 0. The Morgan fingerprint density at radius 2 is 1.90 bits per heavy atom. The van der Waals surface area contributed by atoms with Crippen molar-refractivity contribution >= 4 is 0 Å². The van der Waals surface area contributed by atoms with E-state index >= 15 is 0 Å². The molecule has 2 heterocycles. The first-order chi connectivity index (χ1) is 4.90. The molecule has 0 amide bonds. The van der Waals surface area contributed by atoms with Crippen molar-refractivity contribution in [2.75, 3.05) is 26.3 Å². The molecule has 2 atom stereocenters. The summed E-state index contributed by atoms with van der Waals surface area (Å²) in [5, 5.41) is 4.49. The summed E-state index contributed by atoms with van der Waals surface area (Å²) in [6.07, 6.45) is 0. The molecule has 2 aliphatic heterocycles. The van der Waals surface area contributed by atoms with E-state index in [4.69, 9.17) is 4.74 Å². The van der Waals surface area contributed by atoms with Gasteiger partial charge in [-0.05, 0) is 0 Å². The van der Waals surface area contributed by atoms with Gasteiger partial charge in [0, 0.05) is 24.9 Å². The average Bonchev–Trinajstić information content (AvgIpc) is 2.42. The zero-order valence-corrected chi connectivity index (χ0v) is 5.69. The van der Waals surface area contributed by atoms with Crippen molar-refractivity contribution in [3.8, 4) is 0 Å². The molecule has 2 rings (SSSR count). The highest BCUT2D eigenvalue weighted by atomic mass is 16.5. The van der Waals surface area contributed by atoms with E-state index in [1.165, 1.54) is 0 Å². The fourth-order valence-corrected chi connectivity index (χ4v) is 1.73. The minimum Gasteiger partial charge on any atom is -0.381 e. The molecule has 2 fully saturated rings. The lowest BCUT2D eigenvalue weighted by molar-refractivity contribution is 0.155. The molecule has 4 heteroatoms. The molecular weight excluding hydrogens is 132 g/mol. The van der Waals surface area contributed by atoms with Gasteiger partial charge in [-0.1, -0.05) is 0 Å². The molecule has 0 spiro atoms. The van der Waals surface area contributed by atoms with E-state index in [1.807, 2.05) is 0 Å². The van der Waals surface area contributed by atoms with E-state index in [2.05, 4.69) is 5.29 Å². The highest BCUT2D eigenvalue weighted by Gasteiger charge is 2.37. The molecule has 0 N–H and O–H groups in total. The smallest absolute Gasteiger partial charge is 0.0524 e. The lowest BCUT2D eigenvalue weighted by Gasteiger charge is -2.06. The van der Waals surface area contributed by atoms with Crippen LogP contribution in [0.1, 0.15) is 0 Å². The average molecular weight is 142 g/mol. The van der Waals surface area contributed by atoms with Gasteiger partial charge in [-0.2, -0.15) is 0 Å². The maximum atomic E-state index is 10.1. The lowest BCUT2D eigenvalue weighted by atomic mass is 10.0. The van der Waals surface area contributed by atoms with E-state index in [0.717, 1.165) is 26.3 Å². The van der Waals surface area contributed by atoms with Crippen molar-refractivity contribution in [2.45, 2.75) is 0 Å². The first-order valence-electron chi connectivity index (χ1n) is 3.56. The van der Waals surface area contributed by atoms with Gasteiger partial charge in [0.1, 0.15) is 0 Å². The minimum absolute atomic E-state index is 0.567. The lowest BCUT2D eigenvalue weighted by Crippen LogP contribution is -2.15. The molecule has 10 heavy (non-hydrogen) atoms. The summed E-state index contributed by atoms with van der Waals surface area (Å²) in [5.74, 6) is 1.13. The van der Waals surface area contributed by atoms with Gasteiger partial charge in [0.05, 0.1) is 18.5 Å². The maximum Gasteiger partial charge on any atom is 0.0524 e. The van der Waals surface area contributed by atoms with Crippen LogP contribution >= 0.6 is 0 Å². The molecule has 2 aliphatic rings. The van der Waals surface area contributed by atoms with Crippen molar-refractivity contribution in [3.63, 3.8) is 0 Å². The fourth-order valence-electron chi connectivity index (χ4n) is 1.73. The number of nitrogens with zero attached hydrogens (tertiary/aromatic N) is 2. The zero-order valence-electron chi connectivity index (χ0n) is 5.69. The second-order valence-electron chi connectivity index (χ2n) is 3.01.